The Morgan fingerprint density at radius 1 is 1.21 bits per heavy atom. The van der Waals surface area contributed by atoms with E-state index in [1.165, 1.54) is 0 Å². The quantitative estimate of drug-likeness (QED) is 0.580. The molecule has 1 heterocycles. The Morgan fingerprint density at radius 2 is 2.03 bits per heavy atom. The van der Waals surface area contributed by atoms with Gasteiger partial charge in [0.25, 0.3) is 0 Å². The number of amides is 1. The Hall–Kier alpha value is -2.83. The van der Waals surface area contributed by atoms with E-state index < -0.39 is 0 Å². The second kappa shape index (κ2) is 10.1. The fraction of sp³-hybridized carbons (Fsp3) is 0.273. The van der Waals surface area contributed by atoms with Crippen molar-refractivity contribution in [3.63, 3.8) is 0 Å². The van der Waals surface area contributed by atoms with Gasteiger partial charge < -0.3 is 10.1 Å². The van der Waals surface area contributed by atoms with Gasteiger partial charge in [-0.3, -0.25) is 9.69 Å². The van der Waals surface area contributed by atoms with E-state index in [1.807, 2.05) is 67.4 Å². The van der Waals surface area contributed by atoms with Gasteiger partial charge in [-0.05, 0) is 49.4 Å². The summed E-state index contributed by atoms with van der Waals surface area (Å²) in [5.74, 6) is 1.39. The molecule has 0 atom stereocenters. The predicted molar refractivity (Wildman–Crippen MR) is 116 cm³/mol. The van der Waals surface area contributed by atoms with Gasteiger partial charge in [-0.25, -0.2) is 4.68 Å². The minimum atomic E-state index is -0.101. The van der Waals surface area contributed by atoms with E-state index in [9.17, 15) is 4.79 Å². The standard InChI is InChI=1S/C22H25ClN4O2/c1-17-5-3-8-20(13-17)29-12-11-26(2)16-22(28)25-21-9-10-24-27(21)15-18-6-4-7-19(23)14-18/h3-10,13-14H,11-12,15-16H2,1-2H3,(H,25,28). The number of ether oxygens (including phenoxy) is 1. The number of hydrogen-bond acceptors (Lipinski definition) is 4. The highest BCUT2D eigenvalue weighted by Crippen LogP contribution is 2.15. The molecule has 0 saturated carbocycles. The molecule has 0 aliphatic rings. The first-order valence-corrected chi connectivity index (χ1v) is 9.81. The average Bonchev–Trinajstić information content (AvgIpc) is 3.08. The molecular weight excluding hydrogens is 388 g/mol. The van der Waals surface area contributed by atoms with Gasteiger partial charge >= 0.3 is 0 Å². The van der Waals surface area contributed by atoms with E-state index in [0.717, 1.165) is 16.9 Å². The van der Waals surface area contributed by atoms with Crippen molar-refractivity contribution < 1.29 is 9.53 Å². The lowest BCUT2D eigenvalue weighted by atomic mass is 10.2. The summed E-state index contributed by atoms with van der Waals surface area (Å²) in [6, 6.07) is 17.3. The number of rotatable bonds is 9. The summed E-state index contributed by atoms with van der Waals surface area (Å²) in [4.78, 5) is 14.3. The Labute approximate surface area is 176 Å². The van der Waals surface area contributed by atoms with Gasteiger partial charge in [0.1, 0.15) is 18.2 Å². The lowest BCUT2D eigenvalue weighted by Gasteiger charge is -2.17. The molecule has 7 heteroatoms. The van der Waals surface area contributed by atoms with Crippen molar-refractivity contribution in [2.75, 3.05) is 32.1 Å². The minimum absolute atomic E-state index is 0.101. The van der Waals surface area contributed by atoms with Gasteiger partial charge in [0.15, 0.2) is 0 Å². The van der Waals surface area contributed by atoms with Gasteiger partial charge in [-0.15, -0.1) is 0 Å². The first kappa shape index (κ1) is 20.9. The first-order chi connectivity index (χ1) is 14.0. The second-order valence-electron chi connectivity index (χ2n) is 6.95. The van der Waals surface area contributed by atoms with E-state index in [2.05, 4.69) is 10.4 Å². The molecule has 6 nitrogen and oxygen atoms in total. The van der Waals surface area contributed by atoms with Crippen molar-refractivity contribution in [1.82, 2.24) is 14.7 Å². The fourth-order valence-electron chi connectivity index (χ4n) is 2.90. The monoisotopic (exact) mass is 412 g/mol. The van der Waals surface area contributed by atoms with E-state index in [-0.39, 0.29) is 12.5 Å². The predicted octanol–water partition coefficient (Wildman–Crippen LogP) is 3.84. The zero-order chi connectivity index (χ0) is 20.6. The number of benzene rings is 2. The van der Waals surface area contributed by atoms with Crippen LogP contribution in [0.15, 0.2) is 60.8 Å². The summed E-state index contributed by atoms with van der Waals surface area (Å²) in [7, 11) is 1.89. The minimum Gasteiger partial charge on any atom is -0.492 e. The van der Waals surface area contributed by atoms with Gasteiger partial charge in [-0.1, -0.05) is 35.9 Å². The van der Waals surface area contributed by atoms with Crippen LogP contribution in [0.25, 0.3) is 0 Å². The van der Waals surface area contributed by atoms with Gasteiger partial charge in [-0.2, -0.15) is 5.10 Å². The molecule has 0 radical (unpaired) electrons. The highest BCUT2D eigenvalue weighted by Gasteiger charge is 2.11. The topological polar surface area (TPSA) is 59.4 Å². The van der Waals surface area contributed by atoms with E-state index in [4.69, 9.17) is 16.3 Å². The molecule has 152 valence electrons. The Morgan fingerprint density at radius 3 is 2.83 bits per heavy atom. The summed E-state index contributed by atoms with van der Waals surface area (Å²) in [5, 5.41) is 7.88. The molecule has 0 unspecified atom stereocenters. The maximum Gasteiger partial charge on any atom is 0.239 e. The molecule has 1 amide bonds. The average molecular weight is 413 g/mol. The third kappa shape index (κ3) is 6.62. The Bertz CT molecular complexity index is 957. The third-order valence-electron chi connectivity index (χ3n) is 4.35. The van der Waals surface area contributed by atoms with Crippen LogP contribution in [-0.2, 0) is 11.3 Å². The molecular formula is C22H25ClN4O2. The van der Waals surface area contributed by atoms with Gasteiger partial charge in [0.2, 0.25) is 5.91 Å². The SMILES string of the molecule is Cc1cccc(OCCN(C)CC(=O)Nc2ccnn2Cc2cccc(Cl)c2)c1. The van der Waals surface area contributed by atoms with Crippen LogP contribution in [0.4, 0.5) is 5.82 Å². The number of nitrogens with one attached hydrogen (secondary N) is 1. The molecule has 1 N–H and O–H groups in total. The van der Waals surface area contributed by atoms with Gasteiger partial charge in [0, 0.05) is 17.6 Å². The molecule has 1 aromatic heterocycles. The summed E-state index contributed by atoms with van der Waals surface area (Å²) < 4.78 is 7.48. The van der Waals surface area contributed by atoms with Crippen molar-refractivity contribution in [1.29, 1.82) is 0 Å². The lowest BCUT2D eigenvalue weighted by molar-refractivity contribution is -0.117. The Kier molecular flexibility index (Phi) is 7.27. The molecule has 2 aromatic carbocycles. The zero-order valence-corrected chi connectivity index (χ0v) is 17.4. The van der Waals surface area contributed by atoms with Crippen molar-refractivity contribution in [2.45, 2.75) is 13.5 Å². The molecule has 0 saturated heterocycles. The molecule has 3 rings (SSSR count). The molecule has 0 spiro atoms. The smallest absolute Gasteiger partial charge is 0.239 e. The maximum atomic E-state index is 12.4. The number of nitrogens with zero attached hydrogens (tertiary/aromatic N) is 3. The first-order valence-electron chi connectivity index (χ1n) is 9.44. The van der Waals surface area contributed by atoms with Crippen molar-refractivity contribution >= 4 is 23.3 Å². The molecule has 0 aliphatic heterocycles. The number of aromatic nitrogens is 2. The highest BCUT2D eigenvalue weighted by molar-refractivity contribution is 6.30. The summed E-state index contributed by atoms with van der Waals surface area (Å²) >= 11 is 6.04. The van der Waals surface area contributed by atoms with Crippen LogP contribution in [0, 0.1) is 6.92 Å². The lowest BCUT2D eigenvalue weighted by Crippen LogP contribution is -2.33. The van der Waals surface area contributed by atoms with Crippen molar-refractivity contribution in [3.05, 3.63) is 76.9 Å². The number of carbonyl (C=O) groups excluding carboxylic acids is 1. The summed E-state index contributed by atoms with van der Waals surface area (Å²) in [6.07, 6.45) is 1.67. The maximum absolute atomic E-state index is 12.4. The largest absolute Gasteiger partial charge is 0.492 e. The zero-order valence-electron chi connectivity index (χ0n) is 16.6. The van der Waals surface area contributed by atoms with Crippen LogP contribution in [-0.4, -0.2) is 47.3 Å². The number of hydrogen-bond donors (Lipinski definition) is 1. The van der Waals surface area contributed by atoms with E-state index in [1.54, 1.807) is 16.9 Å². The number of likely N-dealkylation sites (N-methyl/N-ethyl adjacent to an activating group) is 1. The Balaban J connectivity index is 1.46. The van der Waals surface area contributed by atoms with Crippen molar-refractivity contribution in [3.8, 4) is 5.75 Å². The van der Waals surface area contributed by atoms with Crippen molar-refractivity contribution in [2.24, 2.45) is 0 Å². The molecule has 29 heavy (non-hydrogen) atoms. The summed E-state index contributed by atoms with van der Waals surface area (Å²) in [5.41, 5.74) is 2.17. The number of carbonyl (C=O) groups is 1. The van der Waals surface area contributed by atoms with Crippen LogP contribution in [0.3, 0.4) is 0 Å². The highest BCUT2D eigenvalue weighted by atomic mass is 35.5. The normalized spacial score (nSPS) is 10.9. The van der Waals surface area contributed by atoms with Gasteiger partial charge in [0.05, 0.1) is 19.3 Å². The third-order valence-corrected chi connectivity index (χ3v) is 4.59. The van der Waals surface area contributed by atoms with Crippen LogP contribution in [0.2, 0.25) is 5.02 Å². The number of anilines is 1. The summed E-state index contributed by atoms with van der Waals surface area (Å²) in [6.45, 7) is 3.98. The second-order valence-corrected chi connectivity index (χ2v) is 7.39. The van der Waals surface area contributed by atoms with Crippen LogP contribution in [0.5, 0.6) is 5.75 Å². The van der Waals surface area contributed by atoms with E-state index >= 15 is 0 Å². The van der Waals surface area contributed by atoms with Crippen LogP contribution >= 0.6 is 11.6 Å². The molecule has 0 fully saturated rings. The number of aryl methyl sites for hydroxylation is 1. The van der Waals surface area contributed by atoms with Crippen LogP contribution < -0.4 is 10.1 Å². The number of halogens is 1. The van der Waals surface area contributed by atoms with E-state index in [0.29, 0.717) is 30.5 Å². The molecule has 3 aromatic rings. The molecule has 0 aliphatic carbocycles. The molecule has 0 bridgehead atoms. The van der Waals surface area contributed by atoms with Crippen LogP contribution in [0.1, 0.15) is 11.1 Å². The fourth-order valence-corrected chi connectivity index (χ4v) is 3.12.